The molecule has 5 nitrogen and oxygen atoms in total. The zero-order valence-electron chi connectivity index (χ0n) is 17.6. The van der Waals surface area contributed by atoms with Gasteiger partial charge in [0.1, 0.15) is 10.0 Å². The molecule has 2 heterocycles. The van der Waals surface area contributed by atoms with Crippen LogP contribution in [0.1, 0.15) is 5.56 Å². The molecule has 0 fully saturated rings. The predicted octanol–water partition coefficient (Wildman–Crippen LogP) is 6.59. The normalized spacial score (nSPS) is 10.5. The third-order valence-corrected chi connectivity index (χ3v) is 6.00. The summed E-state index contributed by atoms with van der Waals surface area (Å²) in [5, 5.41) is 2.60. The molecule has 0 N–H and O–H groups in total. The quantitative estimate of drug-likeness (QED) is 0.187. The van der Waals surface area contributed by atoms with Crippen LogP contribution in [0.15, 0.2) is 108 Å². The number of rotatable bonds is 3. The fourth-order valence-corrected chi connectivity index (χ4v) is 4.17. The van der Waals surface area contributed by atoms with E-state index in [-0.39, 0.29) is 4.90 Å². The van der Waals surface area contributed by atoms with Crippen LogP contribution in [-0.2, 0) is 29.7 Å². The third-order valence-electron chi connectivity index (χ3n) is 4.70. The van der Waals surface area contributed by atoms with Gasteiger partial charge in [0.25, 0.3) is 0 Å². The second-order valence-electron chi connectivity index (χ2n) is 6.92. The average molecular weight is 552 g/mol. The van der Waals surface area contributed by atoms with Gasteiger partial charge in [0, 0.05) is 24.0 Å². The third kappa shape index (κ3) is 6.20. The maximum atomic E-state index is 12.7. The Morgan fingerprint density at radius 2 is 1.42 bits per heavy atom. The van der Waals surface area contributed by atoms with E-state index < -0.39 is 10.0 Å². The number of nitrogens with zero attached hydrogens (tertiary/aromatic N) is 3. The standard InChI is InChI=1S/C20H15N2O2S.C5H5N.FH.Pd/c1-14-7-11-17(12-8-14)25(23,24)22-18-6-2-4-15-9-10-16-5-3-13-21-20(16)19(15)18;1-2-4-6-5-3-1;;/h2-13H,1H3;1-5H;1H;/q-1;;;+2/p-1. The van der Waals surface area contributed by atoms with Crippen molar-refractivity contribution in [3.8, 4) is 0 Å². The molecule has 0 amide bonds. The van der Waals surface area contributed by atoms with E-state index in [2.05, 4.69) is 14.7 Å². The second-order valence-corrected chi connectivity index (χ2v) is 8.52. The minimum Gasteiger partial charge on any atom is -0.265 e. The van der Waals surface area contributed by atoms with Gasteiger partial charge in [-0.25, -0.2) is 8.42 Å². The van der Waals surface area contributed by atoms with Gasteiger partial charge < -0.3 is 4.72 Å². The second kappa shape index (κ2) is 11.6. The van der Waals surface area contributed by atoms with E-state index in [1.807, 2.05) is 55.5 Å². The zero-order valence-corrected chi connectivity index (χ0v) is 19.9. The van der Waals surface area contributed by atoms with Gasteiger partial charge in [0.15, 0.2) is 0 Å². The number of pyridine rings is 2. The fraction of sp³-hybridized carbons (Fsp3) is 0.0400. The molecule has 33 heavy (non-hydrogen) atoms. The SMILES string of the molecule is Cc1ccc(S(=O)(=O)[N-]c2cccc3ccc4cccnc4c23)cc1.[F][Pd+].c1ccncc1. The molecule has 0 unspecified atom stereocenters. The molecule has 5 aromatic rings. The minimum absolute atomic E-state index is 0.184. The summed E-state index contributed by atoms with van der Waals surface area (Å²) in [5.41, 5.74) is 2.15. The Morgan fingerprint density at radius 1 is 0.758 bits per heavy atom. The smallest absolute Gasteiger partial charge is 0.0267 e. The Labute approximate surface area is 203 Å². The van der Waals surface area contributed by atoms with Crippen molar-refractivity contribution in [2.24, 2.45) is 0 Å². The van der Waals surface area contributed by atoms with Crippen molar-refractivity contribution in [3.63, 3.8) is 0 Å². The topological polar surface area (TPSA) is 74.0 Å². The van der Waals surface area contributed by atoms with Crippen molar-refractivity contribution in [1.29, 1.82) is 0 Å². The summed E-state index contributed by atoms with van der Waals surface area (Å²) >= 11 is 1.25. The summed E-state index contributed by atoms with van der Waals surface area (Å²) in [4.78, 5) is 8.40. The molecule has 0 aliphatic carbocycles. The molecule has 5 rings (SSSR count). The van der Waals surface area contributed by atoms with Crippen LogP contribution in [0, 0.1) is 6.92 Å². The largest absolute Gasteiger partial charge is 0.265 e. The Balaban J connectivity index is 0.000000329. The van der Waals surface area contributed by atoms with Gasteiger partial charge in [-0.2, -0.15) is 0 Å². The molecule has 0 aliphatic rings. The number of fused-ring (bicyclic) bond motifs is 3. The van der Waals surface area contributed by atoms with Crippen LogP contribution >= 0.6 is 0 Å². The molecule has 0 bridgehead atoms. The summed E-state index contributed by atoms with van der Waals surface area (Å²) in [6, 6.07) is 25.6. The van der Waals surface area contributed by atoms with Crippen molar-refractivity contribution in [2.75, 3.05) is 0 Å². The van der Waals surface area contributed by atoms with E-state index >= 15 is 0 Å². The van der Waals surface area contributed by atoms with E-state index in [1.54, 1.807) is 55.0 Å². The molecule has 170 valence electrons. The summed E-state index contributed by atoms with van der Waals surface area (Å²) in [6.45, 7) is 1.91. The van der Waals surface area contributed by atoms with Crippen molar-refractivity contribution in [2.45, 2.75) is 11.8 Å². The molecule has 0 spiro atoms. The first-order chi connectivity index (χ1) is 16.0. The average Bonchev–Trinajstić information content (AvgIpc) is 2.87. The van der Waals surface area contributed by atoms with E-state index in [4.69, 9.17) is 0 Å². The zero-order chi connectivity index (χ0) is 23.7. The number of benzene rings is 3. The first kappa shape index (κ1) is 24.5. The first-order valence-corrected chi connectivity index (χ1v) is 11.9. The molecular formula is C25H20FN3O2PdS. The van der Waals surface area contributed by atoms with Crippen LogP contribution in [0.3, 0.4) is 0 Å². The van der Waals surface area contributed by atoms with E-state index in [0.717, 1.165) is 27.2 Å². The number of aromatic nitrogens is 2. The van der Waals surface area contributed by atoms with Crippen molar-refractivity contribution >= 4 is 37.4 Å². The van der Waals surface area contributed by atoms with Crippen molar-refractivity contribution < 1.29 is 31.4 Å². The van der Waals surface area contributed by atoms with Gasteiger partial charge in [-0.3, -0.25) is 9.97 Å². The van der Waals surface area contributed by atoms with Crippen molar-refractivity contribution in [1.82, 2.24) is 9.97 Å². The molecule has 0 aliphatic heterocycles. The van der Waals surface area contributed by atoms with Crippen LogP contribution in [0.4, 0.5) is 8.91 Å². The Morgan fingerprint density at radius 3 is 2.06 bits per heavy atom. The molecule has 8 heteroatoms. The van der Waals surface area contributed by atoms with Crippen LogP contribution in [0.25, 0.3) is 26.4 Å². The fourth-order valence-electron chi connectivity index (χ4n) is 3.18. The Bertz CT molecular complexity index is 1400. The summed E-state index contributed by atoms with van der Waals surface area (Å²) in [7, 11) is -3.79. The van der Waals surface area contributed by atoms with Gasteiger partial charge in [-0.05, 0) is 48.0 Å². The summed E-state index contributed by atoms with van der Waals surface area (Å²) in [6.07, 6.45) is 5.20. The van der Waals surface area contributed by atoms with Crippen LogP contribution in [0.5, 0.6) is 0 Å². The molecule has 0 radical (unpaired) electrons. The number of halogens is 1. The molecule has 2 aromatic heterocycles. The molecule has 3 aromatic carbocycles. The van der Waals surface area contributed by atoms with Gasteiger partial charge in [0.05, 0.1) is 10.4 Å². The van der Waals surface area contributed by atoms with Crippen LogP contribution < -0.4 is 0 Å². The number of sulfonamides is 1. The predicted molar refractivity (Wildman–Crippen MR) is 126 cm³/mol. The Hall–Kier alpha value is -3.18. The molecule has 0 saturated carbocycles. The molecule has 0 atom stereocenters. The molecular weight excluding hydrogens is 532 g/mol. The maximum Gasteiger partial charge on any atom is 0.0267 e. The monoisotopic (exact) mass is 551 g/mol. The first-order valence-electron chi connectivity index (χ1n) is 9.83. The number of hydrogen-bond acceptors (Lipinski definition) is 4. The van der Waals surface area contributed by atoms with Gasteiger partial charge in [0.2, 0.25) is 0 Å². The minimum atomic E-state index is -3.79. The van der Waals surface area contributed by atoms with Gasteiger partial charge in [-0.15, -0.1) is 5.69 Å². The van der Waals surface area contributed by atoms with Crippen LogP contribution in [-0.4, -0.2) is 18.4 Å². The number of aryl methyl sites for hydroxylation is 1. The van der Waals surface area contributed by atoms with Gasteiger partial charge in [-0.1, -0.05) is 60.2 Å². The van der Waals surface area contributed by atoms with E-state index in [0.29, 0.717) is 5.69 Å². The summed E-state index contributed by atoms with van der Waals surface area (Å²) < 4.78 is 38.9. The van der Waals surface area contributed by atoms with Gasteiger partial charge >= 0.3 is 22.9 Å². The summed E-state index contributed by atoms with van der Waals surface area (Å²) in [5.74, 6) is 0. The van der Waals surface area contributed by atoms with E-state index in [9.17, 15) is 11.6 Å². The van der Waals surface area contributed by atoms with E-state index in [1.165, 1.54) is 19.7 Å². The maximum absolute atomic E-state index is 12.7. The van der Waals surface area contributed by atoms with Crippen LogP contribution in [0.2, 0.25) is 0 Å². The van der Waals surface area contributed by atoms with Crippen molar-refractivity contribution in [3.05, 3.63) is 114 Å². The molecule has 0 saturated heterocycles. The number of hydrogen-bond donors (Lipinski definition) is 0. The Kier molecular flexibility index (Phi) is 8.61.